The predicted molar refractivity (Wildman–Crippen MR) is 142 cm³/mol. The Hall–Kier alpha value is -5.12. The SMILES string of the molecule is CCOc1ccc(OCC)c(N2C(=O)NC(=O)/C(=C\c3ccc(OCc4ccc(C(=O)O)cc4)cc3)C2=O)c1. The number of nitrogens with zero attached hydrogens (tertiary/aromatic N) is 1. The van der Waals surface area contributed by atoms with Gasteiger partial charge in [-0.05, 0) is 67.4 Å². The molecule has 1 aliphatic rings. The van der Waals surface area contributed by atoms with Crippen molar-refractivity contribution in [1.82, 2.24) is 5.32 Å². The molecule has 10 heteroatoms. The van der Waals surface area contributed by atoms with Gasteiger partial charge in [-0.1, -0.05) is 24.3 Å². The molecule has 0 spiro atoms. The van der Waals surface area contributed by atoms with Crippen LogP contribution in [0.3, 0.4) is 0 Å². The Morgan fingerprint density at radius 1 is 0.872 bits per heavy atom. The number of amides is 4. The highest BCUT2D eigenvalue weighted by atomic mass is 16.5. The minimum Gasteiger partial charge on any atom is -0.494 e. The second kappa shape index (κ2) is 12.0. The van der Waals surface area contributed by atoms with Crippen molar-refractivity contribution in [2.24, 2.45) is 0 Å². The highest BCUT2D eigenvalue weighted by Gasteiger charge is 2.38. The van der Waals surface area contributed by atoms with E-state index >= 15 is 0 Å². The molecule has 200 valence electrons. The first-order valence-corrected chi connectivity index (χ1v) is 12.2. The number of nitrogens with one attached hydrogen (secondary N) is 1. The highest BCUT2D eigenvalue weighted by Crippen LogP contribution is 2.35. The second-order valence-corrected chi connectivity index (χ2v) is 8.31. The van der Waals surface area contributed by atoms with Gasteiger partial charge in [0.1, 0.15) is 29.4 Å². The first kappa shape index (κ1) is 26.9. The number of ether oxygens (including phenoxy) is 3. The number of rotatable bonds is 10. The van der Waals surface area contributed by atoms with Gasteiger partial charge in [-0.3, -0.25) is 14.9 Å². The molecule has 1 heterocycles. The Labute approximate surface area is 224 Å². The smallest absolute Gasteiger partial charge is 0.336 e. The van der Waals surface area contributed by atoms with Crippen LogP contribution in [0.4, 0.5) is 10.5 Å². The number of carboxylic acid groups (broad SMARTS) is 1. The van der Waals surface area contributed by atoms with Crippen LogP contribution in [0.1, 0.15) is 35.3 Å². The Bertz CT molecular complexity index is 1430. The summed E-state index contributed by atoms with van der Waals surface area (Å²) in [6, 6.07) is 16.9. The molecule has 1 fully saturated rings. The maximum absolute atomic E-state index is 13.4. The lowest BCUT2D eigenvalue weighted by Crippen LogP contribution is -2.54. The van der Waals surface area contributed by atoms with Gasteiger partial charge in [0.25, 0.3) is 11.8 Å². The summed E-state index contributed by atoms with van der Waals surface area (Å²) in [4.78, 5) is 50.6. The number of aromatic carboxylic acids is 1. The van der Waals surface area contributed by atoms with E-state index in [2.05, 4.69) is 5.32 Å². The summed E-state index contributed by atoms with van der Waals surface area (Å²) in [5.41, 5.74) is 1.44. The first-order valence-electron chi connectivity index (χ1n) is 12.2. The van der Waals surface area contributed by atoms with Crippen LogP contribution in [0.5, 0.6) is 17.2 Å². The summed E-state index contributed by atoms with van der Waals surface area (Å²) in [5.74, 6) is -1.36. The molecule has 10 nitrogen and oxygen atoms in total. The van der Waals surface area contributed by atoms with Crippen LogP contribution in [0.25, 0.3) is 6.08 Å². The summed E-state index contributed by atoms with van der Waals surface area (Å²) >= 11 is 0. The minimum atomic E-state index is -1.00. The molecule has 3 aromatic carbocycles. The van der Waals surface area contributed by atoms with Gasteiger partial charge in [0.15, 0.2) is 0 Å². The van der Waals surface area contributed by atoms with E-state index < -0.39 is 23.8 Å². The normalized spacial score (nSPS) is 14.3. The van der Waals surface area contributed by atoms with Crippen molar-refractivity contribution in [3.05, 3.63) is 89.0 Å². The van der Waals surface area contributed by atoms with E-state index in [9.17, 15) is 19.2 Å². The molecule has 0 unspecified atom stereocenters. The Morgan fingerprint density at radius 2 is 1.54 bits per heavy atom. The van der Waals surface area contributed by atoms with Crippen molar-refractivity contribution < 1.29 is 38.5 Å². The standard InChI is InChI=1S/C29H26N2O8/c1-3-37-22-13-14-25(38-4-2)24(16-22)31-27(33)23(26(32)30-29(31)36)15-18-7-11-21(12-8-18)39-17-19-5-9-20(10-6-19)28(34)35/h5-16H,3-4,17H2,1-2H3,(H,34,35)(H,30,32,36)/b23-15+. The van der Waals surface area contributed by atoms with Crippen LogP contribution in [-0.2, 0) is 16.2 Å². The van der Waals surface area contributed by atoms with Crippen molar-refractivity contribution in [2.75, 3.05) is 18.1 Å². The molecule has 0 radical (unpaired) electrons. The molecule has 4 amide bonds. The van der Waals surface area contributed by atoms with Crippen molar-refractivity contribution in [3.63, 3.8) is 0 Å². The molecular weight excluding hydrogens is 504 g/mol. The maximum atomic E-state index is 13.4. The monoisotopic (exact) mass is 530 g/mol. The third-order valence-corrected chi connectivity index (χ3v) is 5.68. The fraction of sp³-hybridized carbons (Fsp3) is 0.172. The Balaban J connectivity index is 1.53. The predicted octanol–water partition coefficient (Wildman–Crippen LogP) is 4.43. The molecule has 0 atom stereocenters. The first-order chi connectivity index (χ1) is 18.8. The van der Waals surface area contributed by atoms with Crippen molar-refractivity contribution in [2.45, 2.75) is 20.5 Å². The molecule has 0 bridgehead atoms. The van der Waals surface area contributed by atoms with Crippen LogP contribution in [-0.4, -0.2) is 42.1 Å². The van der Waals surface area contributed by atoms with Gasteiger partial charge < -0.3 is 19.3 Å². The number of imide groups is 2. The van der Waals surface area contributed by atoms with Gasteiger partial charge in [-0.15, -0.1) is 0 Å². The molecule has 2 N–H and O–H groups in total. The van der Waals surface area contributed by atoms with Crippen LogP contribution < -0.4 is 24.4 Å². The maximum Gasteiger partial charge on any atom is 0.336 e. The van der Waals surface area contributed by atoms with Gasteiger partial charge in [0, 0.05) is 6.07 Å². The van der Waals surface area contributed by atoms with Crippen molar-refractivity contribution in [1.29, 1.82) is 0 Å². The van der Waals surface area contributed by atoms with E-state index in [1.165, 1.54) is 24.3 Å². The third kappa shape index (κ3) is 6.24. The van der Waals surface area contributed by atoms with Crippen LogP contribution >= 0.6 is 0 Å². The number of benzene rings is 3. The summed E-state index contributed by atoms with van der Waals surface area (Å²) in [6.07, 6.45) is 1.39. The molecule has 1 saturated heterocycles. The molecule has 1 aliphatic heterocycles. The number of carbonyl (C=O) groups excluding carboxylic acids is 3. The number of carbonyl (C=O) groups is 4. The zero-order valence-electron chi connectivity index (χ0n) is 21.3. The molecule has 4 rings (SSSR count). The summed E-state index contributed by atoms with van der Waals surface area (Å²) in [7, 11) is 0. The van der Waals surface area contributed by atoms with E-state index in [0.717, 1.165) is 10.5 Å². The van der Waals surface area contributed by atoms with Crippen LogP contribution in [0.2, 0.25) is 0 Å². The zero-order chi connectivity index (χ0) is 27.9. The summed E-state index contributed by atoms with van der Waals surface area (Å²) < 4.78 is 16.9. The lowest BCUT2D eigenvalue weighted by molar-refractivity contribution is -0.122. The summed E-state index contributed by atoms with van der Waals surface area (Å²) in [5, 5.41) is 11.2. The molecule has 0 aromatic heterocycles. The van der Waals surface area contributed by atoms with Gasteiger partial charge in [-0.25, -0.2) is 14.5 Å². The average molecular weight is 531 g/mol. The quantitative estimate of drug-likeness (QED) is 0.291. The second-order valence-electron chi connectivity index (χ2n) is 8.31. The van der Waals surface area contributed by atoms with E-state index in [0.29, 0.717) is 30.3 Å². The molecule has 3 aromatic rings. The van der Waals surface area contributed by atoms with E-state index in [4.69, 9.17) is 19.3 Å². The number of hydrogen-bond donors (Lipinski definition) is 2. The molecule has 0 saturated carbocycles. The Kier molecular flexibility index (Phi) is 8.25. The highest BCUT2D eigenvalue weighted by molar-refractivity contribution is 6.39. The van der Waals surface area contributed by atoms with Gasteiger partial charge in [0.2, 0.25) is 0 Å². The number of urea groups is 1. The number of anilines is 1. The summed E-state index contributed by atoms with van der Waals surface area (Å²) in [6.45, 7) is 4.49. The minimum absolute atomic E-state index is 0.156. The average Bonchev–Trinajstić information content (AvgIpc) is 2.92. The lowest BCUT2D eigenvalue weighted by atomic mass is 10.1. The van der Waals surface area contributed by atoms with Gasteiger partial charge in [0.05, 0.1) is 24.5 Å². The van der Waals surface area contributed by atoms with E-state index in [1.54, 1.807) is 55.5 Å². The number of carboxylic acids is 1. The third-order valence-electron chi connectivity index (χ3n) is 5.68. The number of barbiturate groups is 1. The fourth-order valence-corrected chi connectivity index (χ4v) is 3.82. The lowest BCUT2D eigenvalue weighted by Gasteiger charge is -2.28. The zero-order valence-corrected chi connectivity index (χ0v) is 21.3. The fourth-order valence-electron chi connectivity index (χ4n) is 3.82. The molecule has 0 aliphatic carbocycles. The number of hydrogen-bond acceptors (Lipinski definition) is 7. The van der Waals surface area contributed by atoms with Gasteiger partial charge >= 0.3 is 12.0 Å². The van der Waals surface area contributed by atoms with Crippen LogP contribution in [0.15, 0.2) is 72.3 Å². The largest absolute Gasteiger partial charge is 0.494 e. The van der Waals surface area contributed by atoms with E-state index in [1.807, 2.05) is 6.92 Å². The van der Waals surface area contributed by atoms with Crippen LogP contribution in [0, 0.1) is 0 Å². The van der Waals surface area contributed by atoms with Gasteiger partial charge in [-0.2, -0.15) is 0 Å². The van der Waals surface area contributed by atoms with Crippen molar-refractivity contribution in [3.8, 4) is 17.2 Å². The van der Waals surface area contributed by atoms with E-state index in [-0.39, 0.29) is 29.2 Å². The Morgan fingerprint density at radius 3 is 2.18 bits per heavy atom. The van der Waals surface area contributed by atoms with Crippen molar-refractivity contribution >= 4 is 35.6 Å². The molecular formula is C29H26N2O8. The molecule has 39 heavy (non-hydrogen) atoms. The topological polar surface area (TPSA) is 131 Å².